The Morgan fingerprint density at radius 2 is 1.91 bits per heavy atom. The summed E-state index contributed by atoms with van der Waals surface area (Å²) in [5.74, 6) is -0.212. The predicted octanol–water partition coefficient (Wildman–Crippen LogP) is 4.15. The van der Waals surface area contributed by atoms with E-state index in [0.29, 0.717) is 17.9 Å². The molecule has 114 valence electrons. The van der Waals surface area contributed by atoms with E-state index < -0.39 is 5.82 Å². The number of imidazole rings is 1. The minimum absolute atomic E-state index is 0.0645. The van der Waals surface area contributed by atoms with Crippen molar-refractivity contribution in [2.75, 3.05) is 0 Å². The molecule has 0 aliphatic rings. The average molecular weight is 307 g/mol. The van der Waals surface area contributed by atoms with Crippen LogP contribution in [0, 0.1) is 17.1 Å². The summed E-state index contributed by atoms with van der Waals surface area (Å²) in [6.07, 6.45) is 0. The van der Waals surface area contributed by atoms with Gasteiger partial charge in [-0.3, -0.25) is 0 Å². The van der Waals surface area contributed by atoms with Gasteiger partial charge in [-0.05, 0) is 43.3 Å². The van der Waals surface area contributed by atoms with Gasteiger partial charge in [0.2, 0.25) is 0 Å². The predicted molar refractivity (Wildman–Crippen MR) is 86.9 cm³/mol. The van der Waals surface area contributed by atoms with E-state index in [9.17, 15) is 14.8 Å². The Balaban J connectivity index is 2.23. The Hall–Kier alpha value is -3.13. The van der Waals surface area contributed by atoms with Gasteiger partial charge in [0.15, 0.2) is 5.82 Å². The number of aromatic nitrogens is 2. The number of hydrogen-bond donors (Lipinski definition) is 1. The zero-order valence-electron chi connectivity index (χ0n) is 12.5. The van der Waals surface area contributed by atoms with Crippen molar-refractivity contribution in [3.8, 4) is 6.07 Å². The van der Waals surface area contributed by atoms with Crippen LogP contribution in [0.15, 0.2) is 48.5 Å². The fourth-order valence-corrected chi connectivity index (χ4v) is 2.55. The average Bonchev–Trinajstić information content (AvgIpc) is 2.94. The van der Waals surface area contributed by atoms with Crippen LogP contribution in [0.4, 0.5) is 4.39 Å². The number of nitriles is 1. The fourth-order valence-electron chi connectivity index (χ4n) is 2.55. The number of halogens is 1. The smallest absolute Gasteiger partial charge is 0.155 e. The molecule has 0 radical (unpaired) electrons. The van der Waals surface area contributed by atoms with Crippen LogP contribution in [-0.2, 0) is 6.54 Å². The third kappa shape index (κ3) is 2.55. The lowest BCUT2D eigenvalue weighted by atomic mass is 10.1. The largest absolute Gasteiger partial charge is 0.506 e. The van der Waals surface area contributed by atoms with Gasteiger partial charge in [0, 0.05) is 12.1 Å². The lowest BCUT2D eigenvalue weighted by molar-refractivity contribution is 0.513. The van der Waals surface area contributed by atoms with Gasteiger partial charge in [-0.15, -0.1) is 0 Å². The topological polar surface area (TPSA) is 61.8 Å². The van der Waals surface area contributed by atoms with E-state index in [1.165, 1.54) is 24.3 Å². The maximum absolute atomic E-state index is 13.0. The second kappa shape index (κ2) is 5.93. The van der Waals surface area contributed by atoms with Crippen molar-refractivity contribution >= 4 is 22.4 Å². The first-order chi connectivity index (χ1) is 11.2. The minimum Gasteiger partial charge on any atom is -0.506 e. The van der Waals surface area contributed by atoms with Crippen molar-refractivity contribution in [3.63, 3.8) is 0 Å². The normalized spacial score (nSPS) is 12.0. The summed E-state index contributed by atoms with van der Waals surface area (Å²) in [6, 6.07) is 14.9. The molecule has 1 aromatic heterocycles. The maximum atomic E-state index is 13.0. The van der Waals surface area contributed by atoms with Gasteiger partial charge >= 0.3 is 0 Å². The summed E-state index contributed by atoms with van der Waals surface area (Å²) in [4.78, 5) is 4.47. The molecule has 0 amide bonds. The van der Waals surface area contributed by atoms with Crippen molar-refractivity contribution in [2.24, 2.45) is 0 Å². The SMILES string of the molecule is CCn1c(/C(C#N)=C(\O)c2ccc(F)cc2)nc2ccccc21. The van der Waals surface area contributed by atoms with Crippen LogP contribution < -0.4 is 0 Å². The number of aryl methyl sites for hydroxylation is 1. The molecule has 0 aliphatic carbocycles. The number of aliphatic hydroxyl groups excluding tert-OH is 1. The van der Waals surface area contributed by atoms with Crippen molar-refractivity contribution in [1.82, 2.24) is 9.55 Å². The van der Waals surface area contributed by atoms with E-state index in [0.717, 1.165) is 11.0 Å². The number of hydrogen-bond acceptors (Lipinski definition) is 3. The van der Waals surface area contributed by atoms with Crippen LogP contribution in [0.5, 0.6) is 0 Å². The van der Waals surface area contributed by atoms with Gasteiger partial charge in [-0.1, -0.05) is 12.1 Å². The Morgan fingerprint density at radius 3 is 2.57 bits per heavy atom. The second-order valence-electron chi connectivity index (χ2n) is 5.01. The molecule has 0 spiro atoms. The number of rotatable bonds is 3. The molecule has 0 atom stereocenters. The number of para-hydroxylation sites is 2. The van der Waals surface area contributed by atoms with Crippen molar-refractivity contribution in [3.05, 3.63) is 65.7 Å². The van der Waals surface area contributed by atoms with Gasteiger partial charge < -0.3 is 9.67 Å². The molecular weight excluding hydrogens is 293 g/mol. The Kier molecular flexibility index (Phi) is 3.82. The molecule has 2 aromatic carbocycles. The van der Waals surface area contributed by atoms with Gasteiger partial charge in [-0.25, -0.2) is 9.37 Å². The quantitative estimate of drug-likeness (QED) is 0.584. The van der Waals surface area contributed by atoms with Crippen LogP contribution in [0.25, 0.3) is 22.4 Å². The van der Waals surface area contributed by atoms with Gasteiger partial charge in [-0.2, -0.15) is 5.26 Å². The standard InChI is InChI=1S/C18H14FN3O/c1-2-22-16-6-4-3-5-15(16)21-18(22)14(11-20)17(23)12-7-9-13(19)10-8-12/h3-10,23H,2H2,1H3/b17-14-. The summed E-state index contributed by atoms with van der Waals surface area (Å²) < 4.78 is 14.9. The molecular formula is C18H14FN3O. The Bertz CT molecular complexity index is 933. The van der Waals surface area contributed by atoms with Crippen LogP contribution in [0.1, 0.15) is 18.3 Å². The van der Waals surface area contributed by atoms with Crippen LogP contribution in [-0.4, -0.2) is 14.7 Å². The first kappa shape index (κ1) is 14.8. The number of allylic oxidation sites excluding steroid dienone is 1. The first-order valence-corrected chi connectivity index (χ1v) is 7.20. The molecule has 1 N–H and O–H groups in total. The highest BCUT2D eigenvalue weighted by molar-refractivity contribution is 5.94. The monoisotopic (exact) mass is 307 g/mol. The summed E-state index contributed by atoms with van der Waals surface area (Å²) in [5, 5.41) is 20.0. The molecule has 0 bridgehead atoms. The van der Waals surface area contributed by atoms with Crippen molar-refractivity contribution in [1.29, 1.82) is 5.26 Å². The molecule has 0 aliphatic heterocycles. The summed E-state index contributed by atoms with van der Waals surface area (Å²) >= 11 is 0. The Labute approximate surface area is 132 Å². The third-order valence-electron chi connectivity index (χ3n) is 3.66. The number of benzene rings is 2. The summed E-state index contributed by atoms with van der Waals surface area (Å²) in [5.41, 5.74) is 2.08. The summed E-state index contributed by atoms with van der Waals surface area (Å²) in [7, 11) is 0. The molecule has 0 fully saturated rings. The van der Waals surface area contributed by atoms with Gasteiger partial charge in [0.25, 0.3) is 0 Å². The van der Waals surface area contributed by atoms with E-state index in [1.54, 1.807) is 0 Å². The Morgan fingerprint density at radius 1 is 1.22 bits per heavy atom. The highest BCUT2D eigenvalue weighted by Gasteiger charge is 2.18. The molecule has 3 rings (SSSR count). The lowest BCUT2D eigenvalue weighted by Crippen LogP contribution is -2.02. The highest BCUT2D eigenvalue weighted by Crippen LogP contribution is 2.27. The highest BCUT2D eigenvalue weighted by atomic mass is 19.1. The van der Waals surface area contributed by atoms with Gasteiger partial charge in [0.05, 0.1) is 11.0 Å². The zero-order valence-corrected chi connectivity index (χ0v) is 12.5. The van der Waals surface area contributed by atoms with Crippen molar-refractivity contribution < 1.29 is 9.50 Å². The number of aliphatic hydroxyl groups is 1. The number of nitrogens with zero attached hydrogens (tertiary/aromatic N) is 3. The molecule has 23 heavy (non-hydrogen) atoms. The van der Waals surface area contributed by atoms with E-state index in [2.05, 4.69) is 4.98 Å². The second-order valence-corrected chi connectivity index (χ2v) is 5.01. The fraction of sp³-hybridized carbons (Fsp3) is 0.111. The third-order valence-corrected chi connectivity index (χ3v) is 3.66. The molecule has 3 aromatic rings. The van der Waals surface area contributed by atoms with Crippen molar-refractivity contribution in [2.45, 2.75) is 13.5 Å². The molecule has 0 saturated carbocycles. The molecule has 0 saturated heterocycles. The lowest BCUT2D eigenvalue weighted by Gasteiger charge is -2.07. The molecule has 1 heterocycles. The van der Waals surface area contributed by atoms with E-state index in [4.69, 9.17) is 0 Å². The first-order valence-electron chi connectivity index (χ1n) is 7.20. The van der Waals surface area contributed by atoms with E-state index in [-0.39, 0.29) is 11.3 Å². The van der Waals surface area contributed by atoms with E-state index >= 15 is 0 Å². The van der Waals surface area contributed by atoms with Crippen LogP contribution in [0.3, 0.4) is 0 Å². The van der Waals surface area contributed by atoms with E-state index in [1.807, 2.05) is 41.8 Å². The zero-order chi connectivity index (χ0) is 16.4. The molecule has 0 unspecified atom stereocenters. The van der Waals surface area contributed by atoms with Gasteiger partial charge in [0.1, 0.15) is 23.2 Å². The summed E-state index contributed by atoms with van der Waals surface area (Å²) in [6.45, 7) is 2.55. The van der Waals surface area contributed by atoms with Crippen LogP contribution >= 0.6 is 0 Å². The minimum atomic E-state index is -0.402. The number of fused-ring (bicyclic) bond motifs is 1. The van der Waals surface area contributed by atoms with Crippen LogP contribution in [0.2, 0.25) is 0 Å². The molecule has 4 nitrogen and oxygen atoms in total. The maximum Gasteiger partial charge on any atom is 0.155 e. The molecule has 5 heteroatoms.